The molecule has 3 aromatic heterocycles. The Labute approximate surface area is 251 Å². The van der Waals surface area contributed by atoms with Gasteiger partial charge in [0.1, 0.15) is 11.9 Å². The van der Waals surface area contributed by atoms with Gasteiger partial charge in [0.15, 0.2) is 17.2 Å². The highest BCUT2D eigenvalue weighted by Gasteiger charge is 2.25. The summed E-state index contributed by atoms with van der Waals surface area (Å²) >= 11 is 6.66. The van der Waals surface area contributed by atoms with Crippen LogP contribution < -0.4 is 0 Å². The molecule has 0 amide bonds. The van der Waals surface area contributed by atoms with E-state index >= 15 is 0 Å². The van der Waals surface area contributed by atoms with Gasteiger partial charge in [-0.3, -0.25) is 4.98 Å². The Kier molecular flexibility index (Phi) is 9.41. The molecule has 0 aliphatic heterocycles. The van der Waals surface area contributed by atoms with Crippen molar-refractivity contribution >= 4 is 11.6 Å². The van der Waals surface area contributed by atoms with Crippen LogP contribution in [0.1, 0.15) is 74.4 Å². The second-order valence-electron chi connectivity index (χ2n) is 10.2. The van der Waals surface area contributed by atoms with E-state index < -0.39 is 6.10 Å². The van der Waals surface area contributed by atoms with Gasteiger partial charge in [-0.2, -0.15) is 4.68 Å². The standard InChI is InChI=1S/C32H36ClN7O2/c1-5-7-15-28-35-31(33)29(30(41)27-14-10-11-21(3)34-27)39(28)20-23-16-18-24(19-17-23)25-12-8-9-13-26(25)32-36-37-38-40(32)22(4)42-6-2/h8-14,16-19,22,30,41H,5-7,15,20H2,1-4H3. The molecule has 0 saturated carbocycles. The van der Waals surface area contributed by atoms with Crippen LogP contribution in [0.2, 0.25) is 5.15 Å². The lowest BCUT2D eigenvalue weighted by Gasteiger charge is -2.17. The summed E-state index contributed by atoms with van der Waals surface area (Å²) in [5.41, 5.74) is 5.96. The monoisotopic (exact) mass is 585 g/mol. The van der Waals surface area contributed by atoms with Crippen molar-refractivity contribution in [3.8, 4) is 22.5 Å². The lowest BCUT2D eigenvalue weighted by Crippen LogP contribution is -2.14. The van der Waals surface area contributed by atoms with E-state index in [-0.39, 0.29) is 6.23 Å². The van der Waals surface area contributed by atoms with Crippen molar-refractivity contribution in [1.82, 2.24) is 34.7 Å². The summed E-state index contributed by atoms with van der Waals surface area (Å²) in [5, 5.41) is 24.1. The first kappa shape index (κ1) is 29.6. The number of aliphatic hydroxyl groups is 1. The molecule has 0 bridgehead atoms. The molecular weight excluding hydrogens is 550 g/mol. The number of ether oxygens (including phenoxy) is 1. The first-order valence-electron chi connectivity index (χ1n) is 14.4. The largest absolute Gasteiger partial charge is 0.380 e. The lowest BCUT2D eigenvalue weighted by atomic mass is 9.98. The van der Waals surface area contributed by atoms with Crippen molar-refractivity contribution < 1.29 is 9.84 Å². The number of hydrogen-bond acceptors (Lipinski definition) is 7. The van der Waals surface area contributed by atoms with Gasteiger partial charge >= 0.3 is 0 Å². The number of aliphatic hydroxyl groups excluding tert-OH is 1. The van der Waals surface area contributed by atoms with E-state index in [9.17, 15) is 5.11 Å². The van der Waals surface area contributed by atoms with Gasteiger partial charge < -0.3 is 14.4 Å². The molecule has 1 N–H and O–H groups in total. The number of hydrogen-bond donors (Lipinski definition) is 1. The molecule has 10 heteroatoms. The molecular formula is C32H36ClN7O2. The number of aromatic nitrogens is 7. The van der Waals surface area contributed by atoms with Crippen LogP contribution in [-0.4, -0.2) is 46.5 Å². The van der Waals surface area contributed by atoms with Crippen LogP contribution in [0.4, 0.5) is 0 Å². The van der Waals surface area contributed by atoms with Crippen LogP contribution in [0.15, 0.2) is 66.7 Å². The average molecular weight is 586 g/mol. The van der Waals surface area contributed by atoms with Gasteiger partial charge in [-0.1, -0.05) is 79.5 Å². The molecule has 5 rings (SSSR count). The van der Waals surface area contributed by atoms with Crippen molar-refractivity contribution in [2.45, 2.75) is 65.8 Å². The number of pyridine rings is 1. The molecule has 2 unspecified atom stereocenters. The Morgan fingerprint density at radius 1 is 0.952 bits per heavy atom. The summed E-state index contributed by atoms with van der Waals surface area (Å²) in [5.74, 6) is 1.50. The third-order valence-electron chi connectivity index (χ3n) is 7.26. The fraction of sp³-hybridized carbons (Fsp3) is 0.344. The number of halogens is 1. The zero-order valence-corrected chi connectivity index (χ0v) is 25.2. The molecule has 0 aliphatic rings. The zero-order valence-electron chi connectivity index (χ0n) is 24.4. The van der Waals surface area contributed by atoms with Crippen LogP contribution >= 0.6 is 11.6 Å². The number of benzene rings is 2. The minimum absolute atomic E-state index is 0.293. The van der Waals surface area contributed by atoms with Gasteiger partial charge in [0.2, 0.25) is 0 Å². The molecule has 3 heterocycles. The van der Waals surface area contributed by atoms with E-state index in [1.165, 1.54) is 0 Å². The quantitative estimate of drug-likeness (QED) is 0.176. The van der Waals surface area contributed by atoms with Gasteiger partial charge in [0.25, 0.3) is 0 Å². The molecule has 42 heavy (non-hydrogen) atoms. The fourth-order valence-corrected chi connectivity index (χ4v) is 5.43. The minimum Gasteiger partial charge on any atom is -0.380 e. The predicted octanol–water partition coefficient (Wildman–Crippen LogP) is 6.59. The summed E-state index contributed by atoms with van der Waals surface area (Å²) in [4.78, 5) is 9.20. The van der Waals surface area contributed by atoms with E-state index in [4.69, 9.17) is 16.3 Å². The highest BCUT2D eigenvalue weighted by molar-refractivity contribution is 6.30. The van der Waals surface area contributed by atoms with Crippen LogP contribution in [0, 0.1) is 6.92 Å². The average Bonchev–Trinajstić information content (AvgIpc) is 3.61. The number of unbranched alkanes of at least 4 members (excludes halogenated alkanes) is 1. The van der Waals surface area contributed by atoms with Gasteiger partial charge in [-0.05, 0) is 66.4 Å². The maximum atomic E-state index is 11.4. The Morgan fingerprint density at radius 2 is 1.71 bits per heavy atom. The van der Waals surface area contributed by atoms with Crippen molar-refractivity contribution in [3.63, 3.8) is 0 Å². The van der Waals surface area contributed by atoms with Gasteiger partial charge in [0.05, 0.1) is 11.4 Å². The van der Waals surface area contributed by atoms with Gasteiger partial charge in [-0.25, -0.2) is 4.98 Å². The number of tetrazole rings is 1. The smallest absolute Gasteiger partial charge is 0.185 e. The summed E-state index contributed by atoms with van der Waals surface area (Å²) in [6.07, 6.45) is 1.49. The van der Waals surface area contributed by atoms with E-state index in [0.717, 1.165) is 53.0 Å². The molecule has 2 aromatic carbocycles. The summed E-state index contributed by atoms with van der Waals surface area (Å²) in [6, 6.07) is 22.1. The summed E-state index contributed by atoms with van der Waals surface area (Å²) in [7, 11) is 0. The first-order valence-corrected chi connectivity index (χ1v) is 14.7. The SMILES string of the molecule is CCCCc1nc(Cl)c(C(O)c2cccc(C)n2)n1Cc1ccc(-c2ccccc2-c2nnnn2C(C)OCC)cc1. The van der Waals surface area contributed by atoms with Crippen LogP contribution in [-0.2, 0) is 17.7 Å². The second kappa shape index (κ2) is 13.4. The molecule has 218 valence electrons. The molecule has 2 atom stereocenters. The Balaban J connectivity index is 1.47. The second-order valence-corrected chi connectivity index (χ2v) is 10.6. The zero-order chi connectivity index (χ0) is 29.6. The van der Waals surface area contributed by atoms with Crippen molar-refractivity contribution in [2.75, 3.05) is 6.61 Å². The number of imidazole rings is 1. The van der Waals surface area contributed by atoms with Crippen LogP contribution in [0.25, 0.3) is 22.5 Å². The van der Waals surface area contributed by atoms with E-state index in [1.807, 2.05) is 61.7 Å². The highest BCUT2D eigenvalue weighted by atomic mass is 35.5. The minimum atomic E-state index is -0.989. The summed E-state index contributed by atoms with van der Waals surface area (Å²) < 4.78 is 9.49. The number of rotatable bonds is 12. The summed E-state index contributed by atoms with van der Waals surface area (Å²) in [6.45, 7) is 9.01. The van der Waals surface area contributed by atoms with Crippen molar-refractivity contribution in [1.29, 1.82) is 0 Å². The van der Waals surface area contributed by atoms with Crippen molar-refractivity contribution in [2.24, 2.45) is 0 Å². The van der Waals surface area contributed by atoms with E-state index in [2.05, 4.69) is 62.7 Å². The highest BCUT2D eigenvalue weighted by Crippen LogP contribution is 2.33. The normalized spacial score (nSPS) is 12.9. The molecule has 0 saturated heterocycles. The van der Waals surface area contributed by atoms with E-state index in [0.29, 0.717) is 35.5 Å². The van der Waals surface area contributed by atoms with Crippen LogP contribution in [0.5, 0.6) is 0 Å². The Morgan fingerprint density at radius 3 is 2.43 bits per heavy atom. The third kappa shape index (κ3) is 6.28. The lowest BCUT2D eigenvalue weighted by molar-refractivity contribution is 0.0159. The third-order valence-corrected chi connectivity index (χ3v) is 7.54. The molecule has 5 aromatic rings. The maximum Gasteiger partial charge on any atom is 0.185 e. The number of aryl methyl sites for hydroxylation is 2. The molecule has 0 aliphatic carbocycles. The topological polar surface area (TPSA) is 104 Å². The maximum absolute atomic E-state index is 11.4. The fourth-order valence-electron chi connectivity index (χ4n) is 5.13. The molecule has 0 spiro atoms. The van der Waals surface area contributed by atoms with Crippen molar-refractivity contribution in [3.05, 3.63) is 100 Å². The number of nitrogens with zero attached hydrogens (tertiary/aromatic N) is 7. The Bertz CT molecular complexity index is 1630. The predicted molar refractivity (Wildman–Crippen MR) is 163 cm³/mol. The first-order chi connectivity index (χ1) is 20.4. The van der Waals surface area contributed by atoms with Crippen LogP contribution in [0.3, 0.4) is 0 Å². The van der Waals surface area contributed by atoms with Gasteiger partial charge in [-0.15, -0.1) is 5.10 Å². The van der Waals surface area contributed by atoms with Gasteiger partial charge in [0, 0.05) is 30.8 Å². The molecule has 0 radical (unpaired) electrons. The van der Waals surface area contributed by atoms with E-state index in [1.54, 1.807) is 4.68 Å². The Hall–Kier alpha value is -3.92. The molecule has 0 fully saturated rings. The molecule has 9 nitrogen and oxygen atoms in total.